The molecule has 5 aliphatic rings. The smallest absolute Gasteiger partial charge is 0.444 e. The van der Waals surface area contributed by atoms with Gasteiger partial charge in [0.15, 0.2) is 0 Å². The summed E-state index contributed by atoms with van der Waals surface area (Å²) in [4.78, 5) is 32.8. The van der Waals surface area contributed by atoms with Crippen LogP contribution in [0.5, 0.6) is 0 Å². The summed E-state index contributed by atoms with van der Waals surface area (Å²) in [5, 5.41) is 0. The molecule has 4 fully saturated rings. The van der Waals surface area contributed by atoms with E-state index in [1.54, 1.807) is 4.90 Å². The van der Waals surface area contributed by atoms with E-state index >= 15 is 0 Å². The summed E-state index contributed by atoms with van der Waals surface area (Å²) in [5.74, 6) is 0. The van der Waals surface area contributed by atoms with Gasteiger partial charge in [-0.2, -0.15) is 0 Å². The lowest BCUT2D eigenvalue weighted by Gasteiger charge is -2.40. The summed E-state index contributed by atoms with van der Waals surface area (Å²) in [6.45, 7) is 17.4. The first-order valence-corrected chi connectivity index (χ1v) is 15.0. The zero-order valence-electron chi connectivity index (χ0n) is 25.5. The lowest BCUT2D eigenvalue weighted by molar-refractivity contribution is -0.0334. The Kier molecular flexibility index (Phi) is 7.11. The van der Waals surface area contributed by atoms with E-state index < -0.39 is 23.9 Å². The van der Waals surface area contributed by atoms with Gasteiger partial charge in [0.25, 0.3) is 0 Å². The molecule has 0 aliphatic carbocycles. The highest BCUT2D eigenvalue weighted by Gasteiger charge is 2.52. The summed E-state index contributed by atoms with van der Waals surface area (Å²) in [5.41, 5.74) is 2.51. The average molecular weight is 570 g/mol. The minimum absolute atomic E-state index is 0.0660. The van der Waals surface area contributed by atoms with Crippen LogP contribution in [0.25, 0.3) is 0 Å². The summed E-state index contributed by atoms with van der Waals surface area (Å²) in [6.07, 6.45) is 1.42. The standard InChI is InChI=1S/C30H44BN3O7/c1-28(2,3)39-27(36)33-10-11-37-18-25(33)23-13-20(31-40-29(4,5)30(6,7)41-31)12-19-8-9-32(16-24(19)23)26(35)34-15-22-14-21(34)17-38-22/h12-13,21-22,25H,8-11,14-18H2,1-7H3/t21-,22-,25?/m1/s1. The zero-order chi connectivity index (χ0) is 29.3. The zero-order valence-corrected chi connectivity index (χ0v) is 25.5. The number of ether oxygens (including phenoxy) is 3. The van der Waals surface area contributed by atoms with Crippen LogP contribution in [0.3, 0.4) is 0 Å². The first-order valence-electron chi connectivity index (χ1n) is 15.0. The van der Waals surface area contributed by atoms with E-state index in [1.807, 2.05) is 58.3 Å². The minimum Gasteiger partial charge on any atom is -0.444 e. The third kappa shape index (κ3) is 5.35. The van der Waals surface area contributed by atoms with Gasteiger partial charge >= 0.3 is 19.2 Å². The first kappa shape index (κ1) is 28.8. The fraction of sp³-hybridized carbons (Fsp3) is 0.733. The molecule has 0 saturated carbocycles. The van der Waals surface area contributed by atoms with Gasteiger partial charge in [0.2, 0.25) is 0 Å². The van der Waals surface area contributed by atoms with Crippen molar-refractivity contribution < 1.29 is 33.1 Å². The number of hydrogen-bond donors (Lipinski definition) is 0. The normalized spacial score (nSPS) is 28.7. The fourth-order valence-corrected chi connectivity index (χ4v) is 6.52. The van der Waals surface area contributed by atoms with Crippen molar-refractivity contribution in [3.05, 3.63) is 28.8 Å². The predicted molar refractivity (Wildman–Crippen MR) is 153 cm³/mol. The van der Waals surface area contributed by atoms with Crippen LogP contribution in [0.2, 0.25) is 0 Å². The molecule has 0 aromatic heterocycles. The van der Waals surface area contributed by atoms with Gasteiger partial charge in [-0.15, -0.1) is 0 Å². The molecule has 1 aromatic carbocycles. The maximum absolute atomic E-state index is 13.7. The summed E-state index contributed by atoms with van der Waals surface area (Å²) in [6, 6.07) is 4.12. The number of fused-ring (bicyclic) bond motifs is 3. The molecule has 6 rings (SSSR count). The molecule has 11 heteroatoms. The number of likely N-dealkylation sites (tertiary alicyclic amines) is 1. The molecule has 0 N–H and O–H groups in total. The number of urea groups is 1. The Morgan fingerprint density at radius 1 is 1.02 bits per heavy atom. The average Bonchev–Trinajstić information content (AvgIpc) is 3.59. The second-order valence-electron chi connectivity index (χ2n) is 14.1. The van der Waals surface area contributed by atoms with Gasteiger partial charge in [-0.1, -0.05) is 12.1 Å². The number of morpholine rings is 2. The van der Waals surface area contributed by atoms with Crippen LogP contribution in [-0.2, 0) is 36.5 Å². The van der Waals surface area contributed by atoms with Crippen molar-refractivity contribution in [2.45, 2.75) is 103 Å². The number of hydrogen-bond acceptors (Lipinski definition) is 7. The van der Waals surface area contributed by atoms with Crippen molar-refractivity contribution in [2.24, 2.45) is 0 Å². The molecule has 224 valence electrons. The van der Waals surface area contributed by atoms with Crippen LogP contribution < -0.4 is 5.46 Å². The maximum atomic E-state index is 13.7. The molecule has 3 amide bonds. The predicted octanol–water partition coefficient (Wildman–Crippen LogP) is 3.25. The number of carbonyl (C=O) groups is 2. The van der Waals surface area contributed by atoms with E-state index in [2.05, 4.69) is 12.1 Å². The Labute approximate surface area is 243 Å². The van der Waals surface area contributed by atoms with Crippen LogP contribution in [0.15, 0.2) is 12.1 Å². The largest absolute Gasteiger partial charge is 0.494 e. The topological polar surface area (TPSA) is 90.0 Å². The number of rotatable bonds is 2. The molecule has 1 unspecified atom stereocenters. The third-order valence-corrected chi connectivity index (χ3v) is 9.46. The molecule has 4 saturated heterocycles. The highest BCUT2D eigenvalue weighted by atomic mass is 16.7. The van der Waals surface area contributed by atoms with E-state index in [0.717, 1.165) is 28.6 Å². The van der Waals surface area contributed by atoms with Gasteiger partial charge in [0, 0.05) is 26.2 Å². The molecule has 0 radical (unpaired) electrons. The Balaban J connectivity index is 1.36. The lowest BCUT2D eigenvalue weighted by Crippen LogP contribution is -2.51. The highest BCUT2D eigenvalue weighted by Crippen LogP contribution is 2.39. The SMILES string of the molecule is CC(C)(C)OC(=O)N1CCOCC1c1cc(B2OC(C)(C)C(C)(C)O2)cc2c1CN(C(=O)N1C[C@H]3C[C@@H]1CO3)CC2. The van der Waals surface area contributed by atoms with Crippen LogP contribution in [-0.4, -0.2) is 102 Å². The Hall–Kier alpha value is -2.34. The van der Waals surface area contributed by atoms with Crippen molar-refractivity contribution in [1.82, 2.24) is 14.7 Å². The van der Waals surface area contributed by atoms with E-state index in [1.165, 1.54) is 0 Å². The summed E-state index contributed by atoms with van der Waals surface area (Å²) >= 11 is 0. The molecule has 10 nitrogen and oxygen atoms in total. The van der Waals surface area contributed by atoms with Gasteiger partial charge in [-0.25, -0.2) is 9.59 Å². The molecular formula is C30H44BN3O7. The van der Waals surface area contributed by atoms with Crippen LogP contribution in [0, 0.1) is 0 Å². The molecular weight excluding hydrogens is 525 g/mol. The quantitative estimate of drug-likeness (QED) is 0.506. The van der Waals surface area contributed by atoms with Crippen LogP contribution >= 0.6 is 0 Å². The third-order valence-electron chi connectivity index (χ3n) is 9.46. The number of nitrogens with zero attached hydrogens (tertiary/aromatic N) is 3. The van der Waals surface area contributed by atoms with Crippen molar-refractivity contribution in [3.8, 4) is 0 Å². The van der Waals surface area contributed by atoms with Crippen molar-refractivity contribution >= 4 is 24.7 Å². The van der Waals surface area contributed by atoms with Gasteiger partial charge in [-0.05, 0) is 83.5 Å². The van der Waals surface area contributed by atoms with Gasteiger partial charge < -0.3 is 33.3 Å². The fourth-order valence-electron chi connectivity index (χ4n) is 6.52. The second-order valence-corrected chi connectivity index (χ2v) is 14.1. The number of carbonyl (C=O) groups excluding carboxylic acids is 2. The van der Waals surface area contributed by atoms with Crippen LogP contribution in [0.4, 0.5) is 9.59 Å². The van der Waals surface area contributed by atoms with Gasteiger partial charge in [-0.3, -0.25) is 4.90 Å². The molecule has 3 atom stereocenters. The van der Waals surface area contributed by atoms with Gasteiger partial charge in [0.05, 0.1) is 49.2 Å². The maximum Gasteiger partial charge on any atom is 0.494 e. The second kappa shape index (κ2) is 10.1. The Bertz CT molecular complexity index is 1200. The minimum atomic E-state index is -0.619. The first-order chi connectivity index (χ1) is 19.2. The van der Waals surface area contributed by atoms with Crippen molar-refractivity contribution in [2.75, 3.05) is 39.5 Å². The van der Waals surface area contributed by atoms with Crippen molar-refractivity contribution in [1.29, 1.82) is 0 Å². The van der Waals surface area contributed by atoms with Gasteiger partial charge in [0.1, 0.15) is 5.60 Å². The van der Waals surface area contributed by atoms with Crippen molar-refractivity contribution in [3.63, 3.8) is 0 Å². The monoisotopic (exact) mass is 569 g/mol. The molecule has 5 heterocycles. The molecule has 5 aliphatic heterocycles. The Morgan fingerprint density at radius 3 is 2.39 bits per heavy atom. The van der Waals surface area contributed by atoms with E-state index in [-0.39, 0.29) is 30.3 Å². The van der Waals surface area contributed by atoms with E-state index in [9.17, 15) is 9.59 Å². The van der Waals surface area contributed by atoms with E-state index in [0.29, 0.717) is 52.4 Å². The number of benzene rings is 1. The lowest BCUT2D eigenvalue weighted by atomic mass is 9.74. The highest BCUT2D eigenvalue weighted by molar-refractivity contribution is 6.62. The Morgan fingerprint density at radius 2 is 1.76 bits per heavy atom. The summed E-state index contributed by atoms with van der Waals surface area (Å²) in [7, 11) is -0.539. The molecule has 1 aromatic rings. The van der Waals surface area contributed by atoms with Crippen LogP contribution in [0.1, 0.15) is 77.6 Å². The molecule has 2 bridgehead atoms. The summed E-state index contributed by atoms with van der Waals surface area (Å²) < 4.78 is 30.4. The molecule has 41 heavy (non-hydrogen) atoms. The number of amides is 3. The molecule has 0 spiro atoms. The van der Waals surface area contributed by atoms with E-state index in [4.69, 9.17) is 23.5 Å².